The summed E-state index contributed by atoms with van der Waals surface area (Å²) in [5.74, 6) is 2.68. The fraction of sp³-hybridized carbons (Fsp3) is 0.652. The Morgan fingerprint density at radius 1 is 1.08 bits per heavy atom. The molecule has 0 aromatic heterocycles. The maximum Gasteiger partial charge on any atom is 0.0783 e. The SMILES string of the molecule is C=C(CC(O)C12CC3CC(CC(C3)C1)C2)c1ccccc1[Si](C)(C)C. The van der Waals surface area contributed by atoms with Gasteiger partial charge in [-0.25, -0.2) is 0 Å². The van der Waals surface area contributed by atoms with Crippen LogP contribution in [0.3, 0.4) is 0 Å². The van der Waals surface area contributed by atoms with Gasteiger partial charge in [0, 0.05) is 0 Å². The molecule has 1 aromatic rings. The predicted octanol–water partition coefficient (Wildman–Crippen LogP) is 5.21. The first-order valence-electron chi connectivity index (χ1n) is 10.2. The van der Waals surface area contributed by atoms with Gasteiger partial charge in [0.15, 0.2) is 0 Å². The third-order valence-corrected chi connectivity index (χ3v) is 9.40. The Hall–Kier alpha value is -0.863. The van der Waals surface area contributed by atoms with Gasteiger partial charge >= 0.3 is 0 Å². The van der Waals surface area contributed by atoms with Crippen molar-refractivity contribution in [1.29, 1.82) is 0 Å². The molecule has 0 aliphatic heterocycles. The van der Waals surface area contributed by atoms with Gasteiger partial charge in [-0.2, -0.15) is 0 Å². The second-order valence-electron chi connectivity index (χ2n) is 10.4. The highest BCUT2D eigenvalue weighted by atomic mass is 28.3. The van der Waals surface area contributed by atoms with E-state index in [9.17, 15) is 5.11 Å². The lowest BCUT2D eigenvalue weighted by molar-refractivity contribution is -0.118. The van der Waals surface area contributed by atoms with Crippen molar-refractivity contribution in [3.05, 3.63) is 36.4 Å². The lowest BCUT2D eigenvalue weighted by Gasteiger charge is -2.58. The van der Waals surface area contributed by atoms with Gasteiger partial charge in [0.2, 0.25) is 0 Å². The minimum atomic E-state index is -1.40. The molecule has 4 saturated carbocycles. The van der Waals surface area contributed by atoms with E-state index in [0.29, 0.717) is 0 Å². The van der Waals surface area contributed by atoms with Crippen molar-refractivity contribution in [2.45, 2.75) is 70.7 Å². The van der Waals surface area contributed by atoms with Gasteiger partial charge in [-0.05, 0) is 79.3 Å². The maximum absolute atomic E-state index is 11.3. The van der Waals surface area contributed by atoms with Gasteiger partial charge in [-0.1, -0.05) is 55.7 Å². The molecule has 1 aromatic carbocycles. The molecule has 5 rings (SSSR count). The van der Waals surface area contributed by atoms with E-state index in [1.807, 2.05) is 0 Å². The van der Waals surface area contributed by atoms with E-state index in [4.69, 9.17) is 0 Å². The third kappa shape index (κ3) is 3.17. The second kappa shape index (κ2) is 6.09. The van der Waals surface area contributed by atoms with Gasteiger partial charge in [-0.3, -0.25) is 0 Å². The summed E-state index contributed by atoms with van der Waals surface area (Å²) >= 11 is 0. The molecule has 2 heteroatoms. The predicted molar refractivity (Wildman–Crippen MR) is 110 cm³/mol. The van der Waals surface area contributed by atoms with Crippen LogP contribution in [0.2, 0.25) is 19.6 Å². The van der Waals surface area contributed by atoms with Gasteiger partial charge in [0.25, 0.3) is 0 Å². The van der Waals surface area contributed by atoms with Crippen LogP contribution in [-0.4, -0.2) is 19.3 Å². The lowest BCUT2D eigenvalue weighted by atomic mass is 9.48. The average molecular weight is 355 g/mol. The molecule has 0 heterocycles. The summed E-state index contributed by atoms with van der Waals surface area (Å²) in [5, 5.41) is 12.8. The van der Waals surface area contributed by atoms with Crippen molar-refractivity contribution in [2.75, 3.05) is 0 Å². The van der Waals surface area contributed by atoms with Crippen LogP contribution in [0.25, 0.3) is 5.57 Å². The zero-order valence-corrected chi connectivity index (χ0v) is 17.2. The zero-order valence-electron chi connectivity index (χ0n) is 16.2. The summed E-state index contributed by atoms with van der Waals surface area (Å²) in [5.41, 5.74) is 2.66. The van der Waals surface area contributed by atoms with Crippen LogP contribution >= 0.6 is 0 Å². The minimum absolute atomic E-state index is 0.200. The van der Waals surface area contributed by atoms with Crippen LogP contribution in [0.15, 0.2) is 30.8 Å². The molecule has 1 N–H and O–H groups in total. The highest BCUT2D eigenvalue weighted by Crippen LogP contribution is 2.61. The molecular formula is C23H34OSi. The van der Waals surface area contributed by atoms with Crippen LogP contribution in [0.4, 0.5) is 0 Å². The maximum atomic E-state index is 11.3. The van der Waals surface area contributed by atoms with E-state index in [-0.39, 0.29) is 11.5 Å². The molecule has 25 heavy (non-hydrogen) atoms. The zero-order chi connectivity index (χ0) is 17.8. The van der Waals surface area contributed by atoms with Crippen LogP contribution < -0.4 is 5.19 Å². The first-order chi connectivity index (χ1) is 11.8. The fourth-order valence-electron chi connectivity index (χ4n) is 6.59. The third-order valence-electron chi connectivity index (χ3n) is 7.35. The van der Waals surface area contributed by atoms with E-state index >= 15 is 0 Å². The Morgan fingerprint density at radius 2 is 1.60 bits per heavy atom. The van der Waals surface area contributed by atoms with E-state index < -0.39 is 8.07 Å². The summed E-state index contributed by atoms with van der Waals surface area (Å²) in [6.45, 7) is 11.6. The van der Waals surface area contributed by atoms with Gasteiger partial charge in [-0.15, -0.1) is 0 Å². The van der Waals surface area contributed by atoms with Crippen molar-refractivity contribution in [3.8, 4) is 0 Å². The van der Waals surface area contributed by atoms with Crippen LogP contribution in [0, 0.1) is 23.2 Å². The number of benzene rings is 1. The number of hydrogen-bond donors (Lipinski definition) is 1. The number of hydrogen-bond acceptors (Lipinski definition) is 1. The van der Waals surface area contributed by atoms with E-state index in [0.717, 1.165) is 29.7 Å². The van der Waals surface area contributed by atoms with Crippen molar-refractivity contribution in [2.24, 2.45) is 23.2 Å². The molecule has 0 amide bonds. The van der Waals surface area contributed by atoms with Crippen LogP contribution in [0.1, 0.15) is 50.5 Å². The Kier molecular flexibility index (Phi) is 4.28. The Labute approximate surface area is 154 Å². The lowest BCUT2D eigenvalue weighted by Crippen LogP contribution is -2.51. The first-order valence-corrected chi connectivity index (χ1v) is 13.7. The highest BCUT2D eigenvalue weighted by molar-refractivity contribution is 6.89. The molecular weight excluding hydrogens is 320 g/mol. The standard InChI is InChI=1S/C23H34OSi/c1-16(20-7-5-6-8-21(20)25(2,3)4)9-22(24)23-13-17-10-18(14-23)12-19(11-17)15-23/h5-8,17-19,22,24H,1,9-15H2,2-4H3. The smallest absolute Gasteiger partial charge is 0.0783 e. The molecule has 4 aliphatic carbocycles. The molecule has 0 saturated heterocycles. The first kappa shape index (κ1) is 17.5. The topological polar surface area (TPSA) is 20.2 Å². The summed E-state index contributed by atoms with van der Waals surface area (Å²) < 4.78 is 0. The molecule has 0 radical (unpaired) electrons. The molecule has 0 spiro atoms. The normalized spacial score (nSPS) is 35.0. The molecule has 1 atom stereocenters. The molecule has 4 bridgehead atoms. The van der Waals surface area contributed by atoms with Crippen molar-refractivity contribution < 1.29 is 5.11 Å². The molecule has 136 valence electrons. The van der Waals surface area contributed by atoms with Gasteiger partial charge in [0.05, 0.1) is 14.2 Å². The van der Waals surface area contributed by atoms with E-state index in [2.05, 4.69) is 50.5 Å². The monoisotopic (exact) mass is 354 g/mol. The van der Waals surface area contributed by atoms with Crippen molar-refractivity contribution in [1.82, 2.24) is 0 Å². The average Bonchev–Trinajstić information content (AvgIpc) is 2.52. The van der Waals surface area contributed by atoms with Crippen molar-refractivity contribution >= 4 is 18.8 Å². The Balaban J connectivity index is 1.54. The molecule has 4 fully saturated rings. The van der Waals surface area contributed by atoms with E-state index in [1.54, 1.807) is 0 Å². The molecule has 1 nitrogen and oxygen atoms in total. The summed E-state index contributed by atoms with van der Waals surface area (Å²) in [6.07, 6.45) is 8.66. The molecule has 1 unspecified atom stereocenters. The molecule has 4 aliphatic rings. The summed E-state index contributed by atoms with van der Waals surface area (Å²) in [7, 11) is -1.40. The van der Waals surface area contributed by atoms with Crippen LogP contribution in [0.5, 0.6) is 0 Å². The Bertz CT molecular complexity index is 634. The number of aliphatic hydroxyl groups excluding tert-OH is 1. The fourth-order valence-corrected chi connectivity index (χ4v) is 8.26. The minimum Gasteiger partial charge on any atom is -0.392 e. The largest absolute Gasteiger partial charge is 0.392 e. The highest BCUT2D eigenvalue weighted by Gasteiger charge is 2.53. The summed E-state index contributed by atoms with van der Waals surface area (Å²) in [6, 6.07) is 8.79. The summed E-state index contributed by atoms with van der Waals surface area (Å²) in [4.78, 5) is 0. The van der Waals surface area contributed by atoms with Gasteiger partial charge < -0.3 is 5.11 Å². The van der Waals surface area contributed by atoms with Gasteiger partial charge in [0.1, 0.15) is 0 Å². The number of aliphatic hydroxyl groups is 1. The van der Waals surface area contributed by atoms with Crippen molar-refractivity contribution in [3.63, 3.8) is 0 Å². The second-order valence-corrected chi connectivity index (χ2v) is 15.4. The Morgan fingerprint density at radius 3 is 2.12 bits per heavy atom. The quantitative estimate of drug-likeness (QED) is 0.719. The van der Waals surface area contributed by atoms with Crippen LogP contribution in [-0.2, 0) is 0 Å². The number of rotatable bonds is 5. The van der Waals surface area contributed by atoms with E-state index in [1.165, 1.54) is 49.3 Å².